The molecule has 4 aliphatic rings. The van der Waals surface area contributed by atoms with Gasteiger partial charge in [-0.2, -0.15) is 0 Å². The highest BCUT2D eigenvalue weighted by Crippen LogP contribution is 2.68. The van der Waals surface area contributed by atoms with Crippen LogP contribution in [-0.2, 0) is 9.68 Å². The van der Waals surface area contributed by atoms with Crippen LogP contribution in [0.4, 0.5) is 0 Å². The number of hydrogen-bond donors (Lipinski definition) is 5. The van der Waals surface area contributed by atoms with E-state index in [9.17, 15) is 30.5 Å². The van der Waals surface area contributed by atoms with Crippen molar-refractivity contribution in [1.29, 1.82) is 0 Å². The lowest BCUT2D eigenvalue weighted by Crippen LogP contribution is -2.61. The average Bonchev–Trinajstić information content (AvgIpc) is 3.01. The Bertz CT molecular complexity index is 833. The van der Waals surface area contributed by atoms with E-state index in [0.717, 1.165) is 24.8 Å². The van der Waals surface area contributed by atoms with Crippen LogP contribution in [0.3, 0.4) is 0 Å². The maximum atomic E-state index is 13.3. The smallest absolute Gasteiger partial charge is 0.159 e. The van der Waals surface area contributed by atoms with Crippen molar-refractivity contribution in [2.75, 3.05) is 0 Å². The number of allylic oxidation sites excluding steroid dienone is 1. The molecule has 0 aromatic carbocycles. The zero-order valence-corrected chi connectivity index (χ0v) is 21.3. The summed E-state index contributed by atoms with van der Waals surface area (Å²) in [4.78, 5) is 18.2. The van der Waals surface area contributed by atoms with Crippen molar-refractivity contribution in [3.05, 3.63) is 11.6 Å². The minimum atomic E-state index is -1.13. The van der Waals surface area contributed by atoms with Crippen LogP contribution in [0.1, 0.15) is 86.0 Å². The molecule has 194 valence electrons. The van der Waals surface area contributed by atoms with Gasteiger partial charge in [0.05, 0.1) is 29.5 Å². The summed E-state index contributed by atoms with van der Waals surface area (Å²) in [5, 5.41) is 52.8. The molecule has 2 unspecified atom stereocenters. The summed E-state index contributed by atoms with van der Waals surface area (Å²) in [6.07, 6.45) is 4.00. The second kappa shape index (κ2) is 8.63. The van der Waals surface area contributed by atoms with Gasteiger partial charge in [-0.1, -0.05) is 20.8 Å². The number of hydrogen-bond acceptors (Lipinski definition) is 7. The fourth-order valence-corrected chi connectivity index (χ4v) is 8.42. The first-order chi connectivity index (χ1) is 15.7. The highest BCUT2D eigenvalue weighted by Gasteiger charge is 2.67. The van der Waals surface area contributed by atoms with Gasteiger partial charge in [0.2, 0.25) is 0 Å². The zero-order valence-electron chi connectivity index (χ0n) is 21.3. The maximum absolute atomic E-state index is 13.3. The van der Waals surface area contributed by atoms with E-state index in [1.165, 1.54) is 0 Å². The van der Waals surface area contributed by atoms with E-state index in [2.05, 4.69) is 20.8 Å². The molecule has 3 saturated carbocycles. The van der Waals surface area contributed by atoms with E-state index >= 15 is 0 Å². The average molecular weight is 481 g/mol. The molecule has 0 aromatic heterocycles. The second-order valence-electron chi connectivity index (χ2n) is 13.0. The lowest BCUT2D eigenvalue weighted by Gasteiger charge is -2.60. The topological polar surface area (TPSA) is 127 Å². The molecule has 0 aromatic rings. The van der Waals surface area contributed by atoms with Gasteiger partial charge in [-0.15, -0.1) is 0 Å². The van der Waals surface area contributed by atoms with Crippen LogP contribution in [0.25, 0.3) is 0 Å². The van der Waals surface area contributed by atoms with E-state index in [-0.39, 0.29) is 35.9 Å². The van der Waals surface area contributed by atoms with E-state index < -0.39 is 40.3 Å². The molecule has 7 heteroatoms. The first-order valence-electron chi connectivity index (χ1n) is 13.0. The molecule has 0 saturated heterocycles. The first kappa shape index (κ1) is 26.2. The van der Waals surface area contributed by atoms with Gasteiger partial charge in [0.1, 0.15) is 0 Å². The third kappa shape index (κ3) is 3.91. The number of rotatable bonds is 6. The van der Waals surface area contributed by atoms with Crippen molar-refractivity contribution in [2.24, 2.45) is 34.5 Å². The molecule has 0 heterocycles. The molecule has 34 heavy (non-hydrogen) atoms. The van der Waals surface area contributed by atoms with Crippen molar-refractivity contribution >= 4 is 5.78 Å². The van der Waals surface area contributed by atoms with Crippen molar-refractivity contribution in [2.45, 2.75) is 115 Å². The maximum Gasteiger partial charge on any atom is 0.159 e. The number of carbonyl (C=O) groups excluding carboxylic acids is 1. The Morgan fingerprint density at radius 3 is 2.44 bits per heavy atom. The van der Waals surface area contributed by atoms with E-state index in [4.69, 9.17) is 4.89 Å². The zero-order chi connectivity index (χ0) is 25.3. The van der Waals surface area contributed by atoms with Crippen LogP contribution < -0.4 is 0 Å². The summed E-state index contributed by atoms with van der Waals surface area (Å²) in [6, 6.07) is 0. The predicted molar refractivity (Wildman–Crippen MR) is 127 cm³/mol. The molecule has 10 atom stereocenters. The third-order valence-electron chi connectivity index (χ3n) is 10.6. The fourth-order valence-electron chi connectivity index (χ4n) is 8.42. The van der Waals surface area contributed by atoms with E-state index in [0.29, 0.717) is 25.7 Å². The number of aliphatic hydroxyl groups excluding tert-OH is 2. The molecule has 4 rings (SSSR count). The Labute approximate surface area is 203 Å². The van der Waals surface area contributed by atoms with Crippen LogP contribution >= 0.6 is 0 Å². The van der Waals surface area contributed by atoms with Crippen molar-refractivity contribution in [3.8, 4) is 0 Å². The number of carbonyl (C=O) groups is 1. The number of aliphatic hydroxyl groups is 4. The van der Waals surface area contributed by atoms with Gasteiger partial charge in [-0.25, -0.2) is 4.89 Å². The van der Waals surface area contributed by atoms with Crippen molar-refractivity contribution < 1.29 is 35.4 Å². The molecular formula is C27H44O7. The Kier molecular flexibility index (Phi) is 6.66. The highest BCUT2D eigenvalue weighted by molar-refractivity contribution is 5.95. The summed E-state index contributed by atoms with van der Waals surface area (Å²) in [7, 11) is 0. The van der Waals surface area contributed by atoms with Gasteiger partial charge < -0.3 is 20.4 Å². The highest BCUT2D eigenvalue weighted by atomic mass is 17.1. The van der Waals surface area contributed by atoms with Gasteiger partial charge in [0.15, 0.2) is 5.78 Å². The molecule has 0 radical (unpaired) electrons. The van der Waals surface area contributed by atoms with Crippen LogP contribution in [0.5, 0.6) is 0 Å². The van der Waals surface area contributed by atoms with Crippen LogP contribution in [-0.4, -0.2) is 61.0 Å². The van der Waals surface area contributed by atoms with Crippen LogP contribution in [0.2, 0.25) is 0 Å². The fraction of sp³-hybridized carbons (Fsp3) is 0.889. The first-order valence-corrected chi connectivity index (χ1v) is 13.0. The van der Waals surface area contributed by atoms with E-state index in [1.54, 1.807) is 19.9 Å². The summed E-state index contributed by atoms with van der Waals surface area (Å²) < 4.78 is 0. The quantitative estimate of drug-likeness (QED) is 0.292. The van der Waals surface area contributed by atoms with E-state index in [1.807, 2.05) is 0 Å². The summed E-state index contributed by atoms with van der Waals surface area (Å²) in [5.41, 5.74) is -2.14. The van der Waals surface area contributed by atoms with Gasteiger partial charge in [0.25, 0.3) is 0 Å². The second-order valence-corrected chi connectivity index (χ2v) is 13.0. The van der Waals surface area contributed by atoms with Crippen molar-refractivity contribution in [3.63, 3.8) is 0 Å². The standard InChI is InChI=1S/C27H44O7/c1-15(23(34-33)8-9-24(2,3)31)16-7-11-27(32)18-12-20(28)19-13-21(29)22(30)14-25(19,4)17(18)6-10-26(16,27)5/h12,15-17,19,21-23,29-33H,6-11,13-14H2,1-5H3/t15?,16-,17?,19+,21-,22+,23-,25-,26-,27-/m1/s1. The van der Waals surface area contributed by atoms with Gasteiger partial charge >= 0.3 is 0 Å². The lowest BCUT2D eigenvalue weighted by molar-refractivity contribution is -0.298. The molecule has 4 aliphatic carbocycles. The monoisotopic (exact) mass is 480 g/mol. The van der Waals surface area contributed by atoms with Crippen LogP contribution in [0.15, 0.2) is 11.6 Å². The normalized spacial score (nSPS) is 46.2. The van der Waals surface area contributed by atoms with Crippen molar-refractivity contribution in [1.82, 2.24) is 0 Å². The molecule has 0 amide bonds. The Morgan fingerprint density at radius 2 is 1.82 bits per heavy atom. The molecule has 0 bridgehead atoms. The van der Waals surface area contributed by atoms with Gasteiger partial charge in [-0.3, -0.25) is 10.1 Å². The van der Waals surface area contributed by atoms with Gasteiger partial charge in [0, 0.05) is 11.3 Å². The molecule has 0 spiro atoms. The Morgan fingerprint density at radius 1 is 1.15 bits per heavy atom. The summed E-state index contributed by atoms with van der Waals surface area (Å²) in [5.74, 6) is -0.353. The van der Waals surface area contributed by atoms with Gasteiger partial charge in [-0.05, 0) is 100 Å². The minimum absolute atomic E-state index is 0.00967. The molecule has 0 aliphatic heterocycles. The minimum Gasteiger partial charge on any atom is -0.390 e. The van der Waals surface area contributed by atoms with Crippen LogP contribution in [0, 0.1) is 34.5 Å². The summed E-state index contributed by atoms with van der Waals surface area (Å²) >= 11 is 0. The summed E-state index contributed by atoms with van der Waals surface area (Å²) in [6.45, 7) is 9.70. The molecule has 7 nitrogen and oxygen atoms in total. The lowest BCUT2D eigenvalue weighted by atomic mass is 9.46. The largest absolute Gasteiger partial charge is 0.390 e. The predicted octanol–water partition coefficient (Wildman–Crippen LogP) is 3.24. The Balaban J connectivity index is 1.64. The molecular weight excluding hydrogens is 436 g/mol. The Hall–Kier alpha value is -0.830. The number of ketones is 1. The molecule has 3 fully saturated rings. The molecule has 5 N–H and O–H groups in total. The number of fused-ring (bicyclic) bond motifs is 5. The third-order valence-corrected chi connectivity index (χ3v) is 10.6. The SMILES string of the molecule is CC([C@H]1CC[C@@]2(O)C3=CC(=O)[C@@H]4C[C@@H](O)[C@@H](O)C[C@]4(C)C3CC[C@]12C)[C@@H](CCC(C)(C)O)OO.